The molecule has 3 rings (SSSR count). The van der Waals surface area contributed by atoms with Crippen molar-refractivity contribution in [2.45, 2.75) is 63.6 Å². The lowest BCUT2D eigenvalue weighted by molar-refractivity contribution is -0.127. The van der Waals surface area contributed by atoms with Crippen molar-refractivity contribution in [1.82, 2.24) is 20.4 Å². The van der Waals surface area contributed by atoms with Gasteiger partial charge in [-0.25, -0.2) is 4.99 Å². The van der Waals surface area contributed by atoms with Crippen molar-refractivity contribution in [3.05, 3.63) is 22.4 Å². The van der Waals surface area contributed by atoms with Crippen molar-refractivity contribution in [1.29, 1.82) is 0 Å². The minimum absolute atomic E-state index is 0.0179. The number of amides is 1. The van der Waals surface area contributed by atoms with E-state index in [9.17, 15) is 4.79 Å². The first-order valence-electron chi connectivity index (χ1n) is 10.6. The highest BCUT2D eigenvalue weighted by molar-refractivity contribution is 7.09. The number of guanidine groups is 1. The Labute approximate surface area is 173 Å². The van der Waals surface area contributed by atoms with E-state index in [1.807, 2.05) is 0 Å². The van der Waals surface area contributed by atoms with Gasteiger partial charge in [-0.2, -0.15) is 0 Å². The fourth-order valence-corrected chi connectivity index (χ4v) is 4.72. The Morgan fingerprint density at radius 3 is 2.61 bits per heavy atom. The minimum atomic E-state index is 0.0179. The molecule has 0 bridgehead atoms. The summed E-state index contributed by atoms with van der Waals surface area (Å²) < 4.78 is 0. The fourth-order valence-electron chi connectivity index (χ4n) is 4.07. The zero-order valence-electron chi connectivity index (χ0n) is 17.3. The maximum absolute atomic E-state index is 11.9. The summed E-state index contributed by atoms with van der Waals surface area (Å²) in [5.41, 5.74) is 0. The number of rotatable bonds is 6. The van der Waals surface area contributed by atoms with E-state index in [0.717, 1.165) is 44.5 Å². The number of carbonyl (C=O) groups is 1. The van der Waals surface area contributed by atoms with Gasteiger partial charge < -0.3 is 20.4 Å². The smallest absolute Gasteiger partial charge is 0.243 e. The Kier molecular flexibility index (Phi) is 8.15. The quantitative estimate of drug-likeness (QED) is 0.564. The summed E-state index contributed by atoms with van der Waals surface area (Å²) in [5, 5.41) is 9.07. The van der Waals surface area contributed by atoms with Crippen LogP contribution in [0.4, 0.5) is 0 Å². The van der Waals surface area contributed by atoms with Crippen LogP contribution >= 0.6 is 11.3 Å². The van der Waals surface area contributed by atoms with Crippen molar-refractivity contribution >= 4 is 23.2 Å². The maximum atomic E-state index is 11.9. The molecule has 0 unspecified atom stereocenters. The lowest BCUT2D eigenvalue weighted by atomic mass is 9.92. The zero-order valence-corrected chi connectivity index (χ0v) is 18.1. The SMILES string of the molecule is CN(C)C(=O)CN=C(NCc1cccs1)NC1CCN(C2CCCCC2)CC1. The van der Waals surface area contributed by atoms with E-state index >= 15 is 0 Å². The molecule has 0 aromatic carbocycles. The van der Waals surface area contributed by atoms with Gasteiger partial charge in [0.1, 0.15) is 6.54 Å². The van der Waals surface area contributed by atoms with Crippen molar-refractivity contribution in [3.63, 3.8) is 0 Å². The number of hydrogen-bond acceptors (Lipinski definition) is 4. The Morgan fingerprint density at radius 1 is 1.21 bits per heavy atom. The predicted molar refractivity (Wildman–Crippen MR) is 117 cm³/mol. The van der Waals surface area contributed by atoms with Gasteiger partial charge >= 0.3 is 0 Å². The largest absolute Gasteiger partial charge is 0.354 e. The second-order valence-corrected chi connectivity index (χ2v) is 9.16. The Morgan fingerprint density at radius 2 is 1.96 bits per heavy atom. The number of nitrogens with one attached hydrogen (secondary N) is 2. The lowest BCUT2D eigenvalue weighted by Crippen LogP contribution is -2.51. The Hall–Kier alpha value is -1.60. The molecule has 1 saturated carbocycles. The van der Waals surface area contributed by atoms with Crippen molar-refractivity contribution < 1.29 is 4.79 Å². The summed E-state index contributed by atoms with van der Waals surface area (Å²) in [6, 6.07) is 5.40. The number of nitrogens with zero attached hydrogens (tertiary/aromatic N) is 3. The molecule has 0 spiro atoms. The molecule has 1 aliphatic carbocycles. The lowest BCUT2D eigenvalue weighted by Gasteiger charge is -2.39. The van der Waals surface area contributed by atoms with Crippen LogP contribution in [-0.4, -0.2) is 67.5 Å². The summed E-state index contributed by atoms with van der Waals surface area (Å²) in [4.78, 5) is 22.0. The van der Waals surface area contributed by atoms with E-state index in [0.29, 0.717) is 6.04 Å². The van der Waals surface area contributed by atoms with Crippen LogP contribution in [0.25, 0.3) is 0 Å². The van der Waals surface area contributed by atoms with Crippen LogP contribution in [0.1, 0.15) is 49.8 Å². The molecule has 2 aliphatic rings. The van der Waals surface area contributed by atoms with Gasteiger partial charge in [0.25, 0.3) is 0 Å². The molecule has 6 nitrogen and oxygen atoms in total. The third kappa shape index (κ3) is 6.48. The van der Waals surface area contributed by atoms with Gasteiger partial charge in [0.05, 0.1) is 6.54 Å². The van der Waals surface area contributed by atoms with Crippen LogP contribution in [-0.2, 0) is 11.3 Å². The monoisotopic (exact) mass is 405 g/mol. The Balaban J connectivity index is 1.51. The third-order valence-electron chi connectivity index (χ3n) is 5.84. The standard InChI is InChI=1S/C21H35N5OS/c1-25(2)20(27)16-23-21(22-15-19-9-6-14-28-19)24-17-10-12-26(13-11-17)18-7-4-3-5-8-18/h6,9,14,17-18H,3-5,7-8,10-13,15-16H2,1-2H3,(H2,22,23,24). The van der Waals surface area contributed by atoms with Crippen molar-refractivity contribution in [3.8, 4) is 0 Å². The second kappa shape index (κ2) is 10.8. The average Bonchev–Trinajstić information content (AvgIpc) is 3.24. The summed E-state index contributed by atoms with van der Waals surface area (Å²) in [7, 11) is 3.54. The molecule has 156 valence electrons. The third-order valence-corrected chi connectivity index (χ3v) is 6.72. The topological polar surface area (TPSA) is 60.0 Å². The molecule has 1 amide bonds. The molecule has 1 aromatic heterocycles. The number of aliphatic imine (C=N–C) groups is 1. The van der Waals surface area contributed by atoms with Gasteiger partial charge in [0, 0.05) is 44.1 Å². The number of carbonyl (C=O) groups excluding carboxylic acids is 1. The molecule has 2 N–H and O–H groups in total. The van der Waals surface area contributed by atoms with E-state index in [4.69, 9.17) is 0 Å². The number of likely N-dealkylation sites (N-methyl/N-ethyl adjacent to an activating group) is 1. The summed E-state index contributed by atoms with van der Waals surface area (Å²) in [6.45, 7) is 3.24. The van der Waals surface area contributed by atoms with Gasteiger partial charge in [-0.05, 0) is 37.1 Å². The molecular formula is C21H35N5OS. The van der Waals surface area contributed by atoms with Gasteiger partial charge in [-0.1, -0.05) is 25.3 Å². The second-order valence-electron chi connectivity index (χ2n) is 8.13. The predicted octanol–water partition coefficient (Wildman–Crippen LogP) is 2.67. The van der Waals surface area contributed by atoms with Crippen LogP contribution in [0, 0.1) is 0 Å². The molecular weight excluding hydrogens is 370 g/mol. The minimum Gasteiger partial charge on any atom is -0.354 e. The molecule has 28 heavy (non-hydrogen) atoms. The van der Waals surface area contributed by atoms with E-state index in [2.05, 4.69) is 38.0 Å². The normalized spacial score (nSPS) is 20.1. The number of piperidine rings is 1. The van der Waals surface area contributed by atoms with E-state index < -0.39 is 0 Å². The van der Waals surface area contributed by atoms with E-state index in [1.165, 1.54) is 37.0 Å². The highest BCUT2D eigenvalue weighted by Gasteiger charge is 2.26. The summed E-state index contributed by atoms with van der Waals surface area (Å²) >= 11 is 1.73. The maximum Gasteiger partial charge on any atom is 0.243 e. The van der Waals surface area contributed by atoms with Gasteiger partial charge in [0.15, 0.2) is 5.96 Å². The van der Waals surface area contributed by atoms with E-state index in [-0.39, 0.29) is 12.5 Å². The van der Waals surface area contributed by atoms with Crippen LogP contribution in [0.15, 0.2) is 22.5 Å². The molecule has 7 heteroatoms. The summed E-state index contributed by atoms with van der Waals surface area (Å²) in [6.07, 6.45) is 9.23. The Bertz CT molecular complexity index is 617. The van der Waals surface area contributed by atoms with Crippen LogP contribution in [0.3, 0.4) is 0 Å². The molecule has 0 radical (unpaired) electrons. The molecule has 2 heterocycles. The first-order valence-corrected chi connectivity index (χ1v) is 11.5. The van der Waals surface area contributed by atoms with Crippen LogP contribution in [0.5, 0.6) is 0 Å². The molecule has 2 fully saturated rings. The van der Waals surface area contributed by atoms with Gasteiger partial charge in [-0.3, -0.25) is 4.79 Å². The van der Waals surface area contributed by atoms with Crippen molar-refractivity contribution in [2.75, 3.05) is 33.7 Å². The fraction of sp³-hybridized carbons (Fsp3) is 0.714. The van der Waals surface area contributed by atoms with E-state index in [1.54, 1.807) is 30.3 Å². The number of likely N-dealkylation sites (tertiary alicyclic amines) is 1. The van der Waals surface area contributed by atoms with Gasteiger partial charge in [0.2, 0.25) is 5.91 Å². The first-order chi connectivity index (χ1) is 13.6. The molecule has 0 atom stereocenters. The van der Waals surface area contributed by atoms with Crippen LogP contribution < -0.4 is 10.6 Å². The zero-order chi connectivity index (χ0) is 19.8. The van der Waals surface area contributed by atoms with Crippen molar-refractivity contribution in [2.24, 2.45) is 4.99 Å². The highest BCUT2D eigenvalue weighted by Crippen LogP contribution is 2.25. The molecule has 1 saturated heterocycles. The first kappa shape index (κ1) is 21.1. The van der Waals surface area contributed by atoms with Gasteiger partial charge in [-0.15, -0.1) is 11.3 Å². The molecule has 1 aromatic rings. The highest BCUT2D eigenvalue weighted by atomic mass is 32.1. The van der Waals surface area contributed by atoms with Crippen LogP contribution in [0.2, 0.25) is 0 Å². The molecule has 1 aliphatic heterocycles. The number of thiophene rings is 1. The summed E-state index contributed by atoms with van der Waals surface area (Å²) in [5.74, 6) is 0.768. The average molecular weight is 406 g/mol. The number of hydrogen-bond donors (Lipinski definition) is 2.